The molecule has 88 valence electrons. The van der Waals surface area contributed by atoms with Crippen molar-refractivity contribution < 1.29 is 0 Å². The molecule has 0 radical (unpaired) electrons. The van der Waals surface area contributed by atoms with E-state index in [4.69, 9.17) is 0 Å². The van der Waals surface area contributed by atoms with E-state index in [1.54, 1.807) is 0 Å². The topological polar surface area (TPSA) is 24.1 Å². The Balaban J connectivity index is 1.90. The highest BCUT2D eigenvalue weighted by Gasteiger charge is 2.25. The number of benzene rings is 2. The number of nitrogens with one attached hydrogen (secondary N) is 2. The molecule has 0 saturated carbocycles. The Labute approximate surface area is 106 Å². The first-order valence-electron chi connectivity index (χ1n) is 6.32. The van der Waals surface area contributed by atoms with Gasteiger partial charge in [-0.1, -0.05) is 54.6 Å². The molecule has 2 heteroatoms. The minimum Gasteiger partial charge on any atom is -0.375 e. The molecule has 4 rings (SSSR count). The third-order valence-electron chi connectivity index (χ3n) is 3.70. The predicted octanol–water partition coefficient (Wildman–Crippen LogP) is 3.54. The van der Waals surface area contributed by atoms with Crippen molar-refractivity contribution in [3.63, 3.8) is 0 Å². The van der Waals surface area contributed by atoms with Crippen LogP contribution in [-0.2, 0) is 0 Å². The molecular weight excluding hydrogens is 220 g/mol. The number of hydrogen-bond donors (Lipinski definition) is 2. The zero-order valence-corrected chi connectivity index (χ0v) is 9.93. The van der Waals surface area contributed by atoms with Crippen LogP contribution in [0.1, 0.15) is 0 Å². The van der Waals surface area contributed by atoms with Crippen molar-refractivity contribution in [2.45, 2.75) is 12.1 Å². The van der Waals surface area contributed by atoms with Crippen LogP contribution in [0.2, 0.25) is 0 Å². The summed E-state index contributed by atoms with van der Waals surface area (Å²) in [5.41, 5.74) is 2.41. The van der Waals surface area contributed by atoms with E-state index in [0.717, 1.165) is 0 Å². The maximum absolute atomic E-state index is 3.64. The second kappa shape index (κ2) is 3.64. The molecular formula is C16H14N2. The molecule has 2 aliphatic rings. The Bertz CT molecular complexity index is 670. The van der Waals surface area contributed by atoms with Crippen LogP contribution in [0, 0.1) is 0 Å². The van der Waals surface area contributed by atoms with Gasteiger partial charge in [0, 0.05) is 5.39 Å². The van der Waals surface area contributed by atoms with Crippen molar-refractivity contribution in [1.82, 2.24) is 0 Å². The second-order valence-electron chi connectivity index (χ2n) is 4.82. The first-order valence-corrected chi connectivity index (χ1v) is 6.32. The molecule has 1 aliphatic carbocycles. The number of anilines is 2. The first kappa shape index (κ1) is 9.77. The van der Waals surface area contributed by atoms with Crippen molar-refractivity contribution in [3.8, 4) is 0 Å². The lowest BCUT2D eigenvalue weighted by Crippen LogP contribution is -2.41. The lowest BCUT2D eigenvalue weighted by atomic mass is 9.96. The summed E-state index contributed by atoms with van der Waals surface area (Å²) < 4.78 is 0. The van der Waals surface area contributed by atoms with Gasteiger partial charge in [-0.2, -0.15) is 0 Å². The van der Waals surface area contributed by atoms with E-state index in [9.17, 15) is 0 Å². The Morgan fingerprint density at radius 2 is 1.56 bits per heavy atom. The molecule has 0 fully saturated rings. The standard InChI is InChI=1S/C16H14N2/c1-2-6-12-11(5-1)9-10-15-16(12)18-14-8-4-3-7-13(14)17-15/h1-10,13-14,17-18H. The van der Waals surface area contributed by atoms with Crippen LogP contribution < -0.4 is 10.6 Å². The predicted molar refractivity (Wildman–Crippen MR) is 77.0 cm³/mol. The fourth-order valence-electron chi connectivity index (χ4n) is 2.78. The number of allylic oxidation sites excluding steroid dienone is 2. The van der Waals surface area contributed by atoms with Gasteiger partial charge >= 0.3 is 0 Å². The Kier molecular flexibility index (Phi) is 1.97. The van der Waals surface area contributed by atoms with Crippen molar-refractivity contribution >= 4 is 22.1 Å². The molecule has 1 aliphatic heterocycles. The highest BCUT2D eigenvalue weighted by atomic mass is 15.1. The van der Waals surface area contributed by atoms with Crippen LogP contribution in [0.25, 0.3) is 10.8 Å². The third-order valence-corrected chi connectivity index (χ3v) is 3.70. The molecule has 2 nitrogen and oxygen atoms in total. The van der Waals surface area contributed by atoms with Gasteiger partial charge in [-0.15, -0.1) is 0 Å². The number of rotatable bonds is 0. The van der Waals surface area contributed by atoms with Crippen molar-refractivity contribution in [2.24, 2.45) is 0 Å². The quantitative estimate of drug-likeness (QED) is 0.728. The molecule has 0 amide bonds. The maximum atomic E-state index is 3.64. The van der Waals surface area contributed by atoms with Crippen molar-refractivity contribution in [1.29, 1.82) is 0 Å². The van der Waals surface area contributed by atoms with Crippen molar-refractivity contribution in [3.05, 3.63) is 60.7 Å². The summed E-state index contributed by atoms with van der Waals surface area (Å²) in [5, 5.41) is 9.79. The van der Waals surface area contributed by atoms with E-state index in [1.165, 1.54) is 22.1 Å². The van der Waals surface area contributed by atoms with Crippen LogP contribution in [0.5, 0.6) is 0 Å². The first-order chi connectivity index (χ1) is 8.92. The molecule has 0 aromatic heterocycles. The summed E-state index contributed by atoms with van der Waals surface area (Å²) in [7, 11) is 0. The zero-order valence-electron chi connectivity index (χ0n) is 9.93. The summed E-state index contributed by atoms with van der Waals surface area (Å²) in [6, 6.07) is 13.5. The zero-order chi connectivity index (χ0) is 11.9. The average Bonchev–Trinajstić information content (AvgIpc) is 2.45. The molecule has 2 aromatic carbocycles. The molecule has 2 unspecified atom stereocenters. The monoisotopic (exact) mass is 234 g/mol. The maximum Gasteiger partial charge on any atom is 0.0686 e. The molecule has 18 heavy (non-hydrogen) atoms. The summed E-state index contributed by atoms with van der Waals surface area (Å²) in [6.07, 6.45) is 8.62. The van der Waals surface area contributed by atoms with E-state index in [0.29, 0.717) is 12.1 Å². The number of fused-ring (bicyclic) bond motifs is 4. The molecule has 2 N–H and O–H groups in total. The minimum atomic E-state index is 0.341. The fraction of sp³-hybridized carbons (Fsp3) is 0.125. The summed E-state index contributed by atoms with van der Waals surface area (Å²) in [6.45, 7) is 0. The summed E-state index contributed by atoms with van der Waals surface area (Å²) >= 11 is 0. The van der Waals surface area contributed by atoms with Crippen LogP contribution in [0.3, 0.4) is 0 Å². The van der Waals surface area contributed by atoms with Gasteiger partial charge in [0.1, 0.15) is 0 Å². The van der Waals surface area contributed by atoms with E-state index in [2.05, 4.69) is 71.3 Å². The van der Waals surface area contributed by atoms with Gasteiger partial charge in [0.05, 0.1) is 23.5 Å². The Morgan fingerprint density at radius 3 is 2.44 bits per heavy atom. The lowest BCUT2D eigenvalue weighted by Gasteiger charge is -2.35. The molecule has 0 bridgehead atoms. The summed E-state index contributed by atoms with van der Waals surface area (Å²) in [5.74, 6) is 0. The molecule has 0 spiro atoms. The Morgan fingerprint density at radius 1 is 0.778 bits per heavy atom. The average molecular weight is 234 g/mol. The smallest absolute Gasteiger partial charge is 0.0686 e. The minimum absolute atomic E-state index is 0.341. The van der Waals surface area contributed by atoms with E-state index >= 15 is 0 Å². The van der Waals surface area contributed by atoms with Gasteiger partial charge in [0.25, 0.3) is 0 Å². The van der Waals surface area contributed by atoms with Gasteiger partial charge in [0.2, 0.25) is 0 Å². The van der Waals surface area contributed by atoms with Crippen LogP contribution in [0.15, 0.2) is 60.7 Å². The van der Waals surface area contributed by atoms with Crippen LogP contribution >= 0.6 is 0 Å². The normalized spacial score (nSPS) is 24.0. The lowest BCUT2D eigenvalue weighted by molar-refractivity contribution is 0.766. The van der Waals surface area contributed by atoms with Crippen LogP contribution in [0.4, 0.5) is 11.4 Å². The molecule has 0 saturated heterocycles. The number of hydrogen-bond acceptors (Lipinski definition) is 2. The van der Waals surface area contributed by atoms with Crippen LogP contribution in [-0.4, -0.2) is 12.1 Å². The fourth-order valence-corrected chi connectivity index (χ4v) is 2.78. The molecule has 2 atom stereocenters. The van der Waals surface area contributed by atoms with Crippen molar-refractivity contribution in [2.75, 3.05) is 10.6 Å². The van der Waals surface area contributed by atoms with E-state index < -0.39 is 0 Å². The summed E-state index contributed by atoms with van der Waals surface area (Å²) in [4.78, 5) is 0. The Hall–Kier alpha value is -2.22. The van der Waals surface area contributed by atoms with Gasteiger partial charge in [-0.05, 0) is 11.5 Å². The molecule has 1 heterocycles. The molecule has 2 aromatic rings. The largest absolute Gasteiger partial charge is 0.375 e. The van der Waals surface area contributed by atoms with Gasteiger partial charge in [-0.3, -0.25) is 0 Å². The third kappa shape index (κ3) is 1.35. The van der Waals surface area contributed by atoms with Gasteiger partial charge < -0.3 is 10.6 Å². The van der Waals surface area contributed by atoms with E-state index in [1.807, 2.05) is 0 Å². The highest BCUT2D eigenvalue weighted by molar-refractivity contribution is 6.01. The highest BCUT2D eigenvalue weighted by Crippen LogP contribution is 2.36. The van der Waals surface area contributed by atoms with Gasteiger partial charge in [-0.25, -0.2) is 0 Å². The second-order valence-corrected chi connectivity index (χ2v) is 4.82. The SMILES string of the molecule is C1=CC2Nc3ccc4ccccc4c3NC2C=C1. The van der Waals surface area contributed by atoms with E-state index in [-0.39, 0.29) is 0 Å². The van der Waals surface area contributed by atoms with Gasteiger partial charge in [0.15, 0.2) is 0 Å².